The van der Waals surface area contributed by atoms with Crippen LogP contribution in [0.5, 0.6) is 0 Å². The largest absolute Gasteiger partial charge is 0.347 e. The molecule has 1 fully saturated rings. The highest BCUT2D eigenvalue weighted by Crippen LogP contribution is 2.35. The molecule has 0 aromatic carbocycles. The Morgan fingerprint density at radius 2 is 1.62 bits per heavy atom. The summed E-state index contributed by atoms with van der Waals surface area (Å²) >= 11 is 0. The number of hydrogen-bond donors (Lipinski definition) is 0. The van der Waals surface area contributed by atoms with E-state index in [0.29, 0.717) is 5.54 Å². The Bertz CT molecular complexity index is 337. The molecule has 2 heteroatoms. The molecule has 90 valence electrons. The molecule has 0 N–H and O–H groups in total. The van der Waals surface area contributed by atoms with E-state index in [4.69, 9.17) is 0 Å². The molecule has 0 aliphatic heterocycles. The van der Waals surface area contributed by atoms with Crippen LogP contribution in [0.2, 0.25) is 0 Å². The minimum atomic E-state index is 0.397. The van der Waals surface area contributed by atoms with Crippen molar-refractivity contribution in [2.75, 3.05) is 14.1 Å². The molecule has 16 heavy (non-hydrogen) atoms. The number of nitrogens with zero attached hydrogens (tertiary/aromatic N) is 2. The van der Waals surface area contributed by atoms with Gasteiger partial charge in [0, 0.05) is 23.5 Å². The molecule has 1 aliphatic rings. The van der Waals surface area contributed by atoms with Crippen LogP contribution in [0.15, 0.2) is 12.1 Å². The first-order valence-corrected chi connectivity index (χ1v) is 6.35. The fourth-order valence-electron chi connectivity index (χ4n) is 3.02. The van der Waals surface area contributed by atoms with E-state index in [-0.39, 0.29) is 0 Å². The van der Waals surface area contributed by atoms with Crippen molar-refractivity contribution in [2.24, 2.45) is 0 Å². The summed E-state index contributed by atoms with van der Waals surface area (Å²) in [4.78, 5) is 2.44. The quantitative estimate of drug-likeness (QED) is 0.760. The molecule has 1 aliphatic carbocycles. The smallest absolute Gasteiger partial charge is 0.0409 e. The van der Waals surface area contributed by atoms with Crippen LogP contribution in [0, 0.1) is 13.8 Å². The number of hydrogen-bond acceptors (Lipinski definition) is 1. The van der Waals surface area contributed by atoms with Gasteiger partial charge in [0.2, 0.25) is 0 Å². The number of aryl methyl sites for hydroxylation is 2. The summed E-state index contributed by atoms with van der Waals surface area (Å²) in [6.45, 7) is 5.58. The Morgan fingerprint density at radius 3 is 2.06 bits per heavy atom. The van der Waals surface area contributed by atoms with Gasteiger partial charge in [-0.1, -0.05) is 12.8 Å². The maximum Gasteiger partial charge on any atom is 0.0409 e. The zero-order chi connectivity index (χ0) is 11.8. The van der Waals surface area contributed by atoms with Crippen molar-refractivity contribution in [2.45, 2.75) is 51.6 Å². The van der Waals surface area contributed by atoms with Gasteiger partial charge >= 0.3 is 0 Å². The Kier molecular flexibility index (Phi) is 3.11. The molecule has 0 unspecified atom stereocenters. The zero-order valence-corrected chi connectivity index (χ0v) is 11.1. The highest BCUT2D eigenvalue weighted by atomic mass is 15.2. The van der Waals surface area contributed by atoms with Crippen LogP contribution in [0.3, 0.4) is 0 Å². The Morgan fingerprint density at radius 1 is 1.12 bits per heavy atom. The van der Waals surface area contributed by atoms with E-state index < -0.39 is 0 Å². The van der Waals surface area contributed by atoms with E-state index >= 15 is 0 Å². The second-order valence-electron chi connectivity index (χ2n) is 5.53. The molecule has 0 amide bonds. The Balaban J connectivity index is 2.24. The van der Waals surface area contributed by atoms with Crippen molar-refractivity contribution in [1.29, 1.82) is 0 Å². The Labute approximate surface area is 99.3 Å². The van der Waals surface area contributed by atoms with Gasteiger partial charge in [-0.3, -0.25) is 0 Å². The van der Waals surface area contributed by atoms with Crippen LogP contribution < -0.4 is 0 Å². The van der Waals surface area contributed by atoms with Gasteiger partial charge in [-0.25, -0.2) is 0 Å². The predicted molar refractivity (Wildman–Crippen MR) is 68.8 cm³/mol. The van der Waals surface area contributed by atoms with Gasteiger partial charge in [0.1, 0.15) is 0 Å². The van der Waals surface area contributed by atoms with Gasteiger partial charge in [0.05, 0.1) is 0 Å². The molecular formula is C14H24N2. The first-order valence-electron chi connectivity index (χ1n) is 6.35. The molecule has 2 nitrogen and oxygen atoms in total. The fraction of sp³-hybridized carbons (Fsp3) is 0.714. The van der Waals surface area contributed by atoms with Gasteiger partial charge in [-0.05, 0) is 52.9 Å². The SMILES string of the molecule is Cc1ccc(C)n1CC1(N(C)C)CCCC1. The van der Waals surface area contributed by atoms with E-state index in [1.54, 1.807) is 0 Å². The van der Waals surface area contributed by atoms with Crippen molar-refractivity contribution in [3.8, 4) is 0 Å². The lowest BCUT2D eigenvalue weighted by Crippen LogP contribution is -2.45. The molecule has 0 bridgehead atoms. The lowest BCUT2D eigenvalue weighted by molar-refractivity contribution is 0.132. The van der Waals surface area contributed by atoms with Crippen molar-refractivity contribution < 1.29 is 0 Å². The molecule has 1 aromatic rings. The second-order valence-corrected chi connectivity index (χ2v) is 5.53. The van der Waals surface area contributed by atoms with Gasteiger partial charge in [0.25, 0.3) is 0 Å². The third kappa shape index (κ3) is 1.91. The van der Waals surface area contributed by atoms with Gasteiger partial charge in [-0.15, -0.1) is 0 Å². The number of rotatable bonds is 3. The first-order chi connectivity index (χ1) is 7.55. The van der Waals surface area contributed by atoms with Crippen LogP contribution in [0.4, 0.5) is 0 Å². The molecule has 0 saturated heterocycles. The number of aromatic nitrogens is 1. The molecule has 0 spiro atoms. The summed E-state index contributed by atoms with van der Waals surface area (Å²) < 4.78 is 2.48. The third-order valence-electron chi connectivity index (χ3n) is 4.35. The maximum absolute atomic E-state index is 2.48. The van der Waals surface area contributed by atoms with Crippen LogP contribution in [0.25, 0.3) is 0 Å². The predicted octanol–water partition coefficient (Wildman–Crippen LogP) is 2.98. The summed E-state index contributed by atoms with van der Waals surface area (Å²) in [5.41, 5.74) is 3.19. The van der Waals surface area contributed by atoms with Crippen molar-refractivity contribution in [3.63, 3.8) is 0 Å². The molecule has 1 aromatic heterocycles. The molecule has 2 rings (SSSR count). The van der Waals surface area contributed by atoms with E-state index in [1.165, 1.54) is 37.1 Å². The van der Waals surface area contributed by atoms with E-state index in [2.05, 4.69) is 49.5 Å². The average Bonchev–Trinajstić information content (AvgIpc) is 2.81. The molecular weight excluding hydrogens is 196 g/mol. The molecule has 0 atom stereocenters. The Hall–Kier alpha value is -0.760. The van der Waals surface area contributed by atoms with Gasteiger partial charge < -0.3 is 9.47 Å². The lowest BCUT2D eigenvalue weighted by Gasteiger charge is -2.37. The second kappa shape index (κ2) is 4.25. The van der Waals surface area contributed by atoms with Crippen LogP contribution in [-0.2, 0) is 6.54 Å². The van der Waals surface area contributed by atoms with Gasteiger partial charge in [0.15, 0.2) is 0 Å². The molecule has 0 radical (unpaired) electrons. The third-order valence-corrected chi connectivity index (χ3v) is 4.35. The minimum Gasteiger partial charge on any atom is -0.347 e. The van der Waals surface area contributed by atoms with Crippen LogP contribution >= 0.6 is 0 Å². The van der Waals surface area contributed by atoms with Crippen molar-refractivity contribution in [3.05, 3.63) is 23.5 Å². The first kappa shape index (κ1) is 11.7. The topological polar surface area (TPSA) is 8.17 Å². The van der Waals surface area contributed by atoms with E-state index in [0.717, 1.165) is 6.54 Å². The highest BCUT2D eigenvalue weighted by molar-refractivity contribution is 5.15. The summed E-state index contributed by atoms with van der Waals surface area (Å²) in [7, 11) is 4.47. The van der Waals surface area contributed by atoms with E-state index in [9.17, 15) is 0 Å². The lowest BCUT2D eigenvalue weighted by atomic mass is 9.95. The molecule has 1 saturated carbocycles. The van der Waals surface area contributed by atoms with Crippen molar-refractivity contribution in [1.82, 2.24) is 9.47 Å². The number of likely N-dealkylation sites (N-methyl/N-ethyl adjacent to an activating group) is 1. The normalized spacial score (nSPS) is 19.6. The molecule has 1 heterocycles. The monoisotopic (exact) mass is 220 g/mol. The zero-order valence-electron chi connectivity index (χ0n) is 11.1. The minimum absolute atomic E-state index is 0.397. The van der Waals surface area contributed by atoms with E-state index in [1.807, 2.05) is 0 Å². The summed E-state index contributed by atoms with van der Waals surface area (Å²) in [5, 5.41) is 0. The summed E-state index contributed by atoms with van der Waals surface area (Å²) in [5.74, 6) is 0. The van der Waals surface area contributed by atoms with Crippen LogP contribution in [0.1, 0.15) is 37.1 Å². The van der Waals surface area contributed by atoms with Crippen molar-refractivity contribution >= 4 is 0 Å². The highest BCUT2D eigenvalue weighted by Gasteiger charge is 2.36. The van der Waals surface area contributed by atoms with Crippen LogP contribution in [-0.4, -0.2) is 29.1 Å². The maximum atomic E-state index is 2.48. The fourth-order valence-corrected chi connectivity index (χ4v) is 3.02. The summed E-state index contributed by atoms with van der Waals surface area (Å²) in [6.07, 6.45) is 5.46. The van der Waals surface area contributed by atoms with Gasteiger partial charge in [-0.2, -0.15) is 0 Å². The summed E-state index contributed by atoms with van der Waals surface area (Å²) in [6, 6.07) is 4.46. The average molecular weight is 220 g/mol. The standard InChI is InChI=1S/C14H24N2/c1-12-7-8-13(2)16(12)11-14(15(3)4)9-5-6-10-14/h7-8H,5-6,9-11H2,1-4H3.